The number of ether oxygens (including phenoxy) is 4. The van der Waals surface area contributed by atoms with Crippen LogP contribution in [0, 0.1) is 41.4 Å². The second kappa shape index (κ2) is 17.4. The molecule has 0 bridgehead atoms. The van der Waals surface area contributed by atoms with Gasteiger partial charge in [0.15, 0.2) is 14.6 Å². The molecule has 0 spiro atoms. The first kappa shape index (κ1) is 39.4. The molecule has 1 aliphatic heterocycles. The van der Waals surface area contributed by atoms with Gasteiger partial charge in [0.25, 0.3) is 0 Å². The Morgan fingerprint density at radius 3 is 2.09 bits per heavy atom. The quantitative estimate of drug-likeness (QED) is 0.137. The third-order valence-electron chi connectivity index (χ3n) is 9.27. The average molecular weight is 651 g/mol. The Balaban J connectivity index is 2.34. The summed E-state index contributed by atoms with van der Waals surface area (Å²) in [5, 5.41) is 11.8. The summed E-state index contributed by atoms with van der Waals surface area (Å²) in [6, 6.07) is 7.57. The van der Waals surface area contributed by atoms with Crippen LogP contribution in [-0.2, 0) is 28.2 Å². The van der Waals surface area contributed by atoms with Crippen molar-refractivity contribution >= 4 is 20.1 Å². The van der Waals surface area contributed by atoms with Gasteiger partial charge in [0.2, 0.25) is 0 Å². The fourth-order valence-electron chi connectivity index (χ4n) is 6.39. The van der Waals surface area contributed by atoms with E-state index in [1.165, 1.54) is 0 Å². The lowest BCUT2D eigenvalue weighted by Gasteiger charge is -2.43. The molecule has 11 atom stereocenters. The third-order valence-corrected chi connectivity index (χ3v) is 10.3. The zero-order valence-corrected chi connectivity index (χ0v) is 31.2. The minimum atomic E-state index is -1.92. The van der Waals surface area contributed by atoms with E-state index >= 15 is 0 Å². The van der Waals surface area contributed by atoms with Crippen LogP contribution in [0.3, 0.4) is 0 Å². The zero-order chi connectivity index (χ0) is 34.2. The van der Waals surface area contributed by atoms with Gasteiger partial charge in [0.05, 0.1) is 32.0 Å². The minimum Gasteiger partial charge on any atom is -0.497 e. The number of Topliss-reactive ketones (excluding diaryl/α,β-unsaturated/α-hetero) is 1. The van der Waals surface area contributed by atoms with Gasteiger partial charge in [-0.15, -0.1) is 0 Å². The fraction of sp³-hybridized carbons (Fsp3) is 0.778. The number of hydrogen-bond acceptors (Lipinski definition) is 8. The maximum Gasteiger partial charge on any atom is 0.306 e. The Bertz CT molecular complexity index is 1050. The third kappa shape index (κ3) is 11.2. The number of carbonyl (C=O) groups excluding carboxylic acids is 2. The molecule has 8 nitrogen and oxygen atoms in total. The Labute approximate surface area is 274 Å². The fourth-order valence-corrected chi connectivity index (χ4v) is 7.64. The van der Waals surface area contributed by atoms with Crippen LogP contribution in [0.1, 0.15) is 87.0 Å². The normalized spacial score (nSPS) is 24.6. The summed E-state index contributed by atoms with van der Waals surface area (Å²) in [5.41, 5.74) is 0.867. The van der Waals surface area contributed by atoms with Crippen molar-refractivity contribution in [3.05, 3.63) is 29.8 Å². The SMILES string of the molecule is CC[C@H](C)[C@H](O[Si](C)(C)C)[C@@H](C)C(=O)[C@H](C)[C@@H](O)[C@H](C)[C@H](OC(=O)CC(C)C)[C@@H](C)[C@@H]1O[C@H](c2ccc(OC)cc2)OC[C@H]1C. The van der Waals surface area contributed by atoms with Crippen molar-refractivity contribution in [1.29, 1.82) is 0 Å². The molecule has 0 unspecified atom stereocenters. The van der Waals surface area contributed by atoms with Gasteiger partial charge in [-0.3, -0.25) is 9.59 Å². The second-order valence-corrected chi connectivity index (χ2v) is 19.3. The van der Waals surface area contributed by atoms with Gasteiger partial charge in [0, 0.05) is 41.6 Å². The number of carbonyl (C=O) groups is 2. The number of benzene rings is 1. The Hall–Kier alpha value is -1.78. The maximum absolute atomic E-state index is 13.9. The Morgan fingerprint density at radius 2 is 1.58 bits per heavy atom. The first-order chi connectivity index (χ1) is 20.9. The van der Waals surface area contributed by atoms with E-state index in [1.807, 2.05) is 58.9 Å². The highest BCUT2D eigenvalue weighted by Gasteiger charge is 2.45. The molecule has 1 fully saturated rings. The summed E-state index contributed by atoms with van der Waals surface area (Å²) in [7, 11) is -0.297. The Kier molecular flexibility index (Phi) is 15.2. The number of methoxy groups -OCH3 is 1. The molecule has 45 heavy (non-hydrogen) atoms. The number of aliphatic hydroxyl groups excluding tert-OH is 1. The van der Waals surface area contributed by atoms with E-state index < -0.39 is 38.7 Å². The molecule has 0 aliphatic carbocycles. The van der Waals surface area contributed by atoms with Crippen molar-refractivity contribution in [2.24, 2.45) is 41.4 Å². The lowest BCUT2D eigenvalue weighted by Crippen LogP contribution is -2.50. The van der Waals surface area contributed by atoms with Crippen LogP contribution in [0.4, 0.5) is 0 Å². The van der Waals surface area contributed by atoms with Crippen molar-refractivity contribution in [3.63, 3.8) is 0 Å². The highest BCUT2D eigenvalue weighted by molar-refractivity contribution is 6.69. The van der Waals surface area contributed by atoms with E-state index in [1.54, 1.807) is 14.0 Å². The van der Waals surface area contributed by atoms with Crippen molar-refractivity contribution < 1.29 is 38.1 Å². The van der Waals surface area contributed by atoms with Gasteiger partial charge in [-0.2, -0.15) is 0 Å². The number of hydrogen-bond donors (Lipinski definition) is 1. The van der Waals surface area contributed by atoms with Gasteiger partial charge in [-0.25, -0.2) is 0 Å². The maximum atomic E-state index is 13.9. The minimum absolute atomic E-state index is 0.0132. The van der Waals surface area contributed by atoms with Gasteiger partial charge in [-0.05, 0) is 43.6 Å². The molecule has 0 radical (unpaired) electrons. The van der Waals surface area contributed by atoms with Crippen molar-refractivity contribution in [2.75, 3.05) is 13.7 Å². The van der Waals surface area contributed by atoms with E-state index in [-0.39, 0.29) is 60.0 Å². The number of ketones is 1. The van der Waals surface area contributed by atoms with Crippen LogP contribution in [0.15, 0.2) is 24.3 Å². The molecule has 258 valence electrons. The molecule has 9 heteroatoms. The zero-order valence-electron chi connectivity index (χ0n) is 30.2. The average Bonchev–Trinajstić information content (AvgIpc) is 2.99. The molecule has 1 saturated heterocycles. The molecule has 2 rings (SSSR count). The summed E-state index contributed by atoms with van der Waals surface area (Å²) in [5.74, 6) is -1.14. The molecule has 1 aromatic carbocycles. The summed E-state index contributed by atoms with van der Waals surface area (Å²) in [6.45, 7) is 24.7. The van der Waals surface area contributed by atoms with Crippen molar-refractivity contribution in [1.82, 2.24) is 0 Å². The van der Waals surface area contributed by atoms with E-state index in [4.69, 9.17) is 23.4 Å². The van der Waals surface area contributed by atoms with Gasteiger partial charge in [-0.1, -0.05) is 80.9 Å². The van der Waals surface area contributed by atoms with Gasteiger partial charge < -0.3 is 28.5 Å². The standard InChI is InChI=1S/C36H62O8Si/c1-14-22(4)34(44-45(11,12)13)25(7)31(38)24(6)32(39)26(8)35(42-30(37)19-21(2)3)27(9)33-23(5)20-41-36(43-33)28-15-17-29(40-10)18-16-28/h15-18,21-27,32-36,39H,14,19-20H2,1-13H3/t22-,23+,24-,25-,26-,27-,32+,33+,34-,35-,36+/m0/s1. The molecular formula is C36H62O8Si. The van der Waals surface area contributed by atoms with Gasteiger partial charge >= 0.3 is 5.97 Å². The lowest BCUT2D eigenvalue weighted by atomic mass is 9.76. The highest BCUT2D eigenvalue weighted by atomic mass is 28.4. The molecule has 1 aliphatic rings. The van der Waals surface area contributed by atoms with E-state index in [0.717, 1.165) is 17.7 Å². The predicted octanol–water partition coefficient (Wildman–Crippen LogP) is 7.44. The monoisotopic (exact) mass is 650 g/mol. The van der Waals surface area contributed by atoms with Crippen LogP contribution < -0.4 is 4.74 Å². The molecular weight excluding hydrogens is 588 g/mol. The smallest absolute Gasteiger partial charge is 0.306 e. The molecule has 0 saturated carbocycles. The lowest BCUT2D eigenvalue weighted by molar-refractivity contribution is -0.259. The summed E-state index contributed by atoms with van der Waals surface area (Å²) < 4.78 is 30.6. The summed E-state index contributed by atoms with van der Waals surface area (Å²) in [4.78, 5) is 27.0. The van der Waals surface area contributed by atoms with Crippen molar-refractivity contribution in [2.45, 2.75) is 126 Å². The highest BCUT2D eigenvalue weighted by Crippen LogP contribution is 2.38. The largest absolute Gasteiger partial charge is 0.497 e. The number of aliphatic hydroxyl groups is 1. The predicted molar refractivity (Wildman–Crippen MR) is 180 cm³/mol. The van der Waals surface area contributed by atoms with Crippen LogP contribution in [0.2, 0.25) is 19.6 Å². The molecule has 1 heterocycles. The topological polar surface area (TPSA) is 101 Å². The van der Waals surface area contributed by atoms with Crippen LogP contribution in [-0.4, -0.2) is 63.3 Å². The van der Waals surface area contributed by atoms with Crippen molar-refractivity contribution in [3.8, 4) is 5.75 Å². The van der Waals surface area contributed by atoms with E-state index in [2.05, 4.69) is 40.4 Å². The number of rotatable bonds is 17. The van der Waals surface area contributed by atoms with E-state index in [0.29, 0.717) is 6.61 Å². The van der Waals surface area contributed by atoms with E-state index in [9.17, 15) is 14.7 Å². The molecule has 1 aromatic rings. The Morgan fingerprint density at radius 1 is 0.978 bits per heavy atom. The first-order valence-corrected chi connectivity index (χ1v) is 20.3. The summed E-state index contributed by atoms with van der Waals surface area (Å²) >= 11 is 0. The number of esters is 1. The molecule has 1 N–H and O–H groups in total. The van der Waals surface area contributed by atoms with Gasteiger partial charge in [0.1, 0.15) is 17.6 Å². The summed E-state index contributed by atoms with van der Waals surface area (Å²) in [6.07, 6.45) is -1.67. The molecule has 0 amide bonds. The molecule has 0 aromatic heterocycles. The first-order valence-electron chi connectivity index (χ1n) is 16.9. The van der Waals surface area contributed by atoms with Crippen LogP contribution in [0.25, 0.3) is 0 Å². The second-order valence-electron chi connectivity index (χ2n) is 14.8. The van der Waals surface area contributed by atoms with Crippen LogP contribution in [0.5, 0.6) is 5.75 Å². The van der Waals surface area contributed by atoms with Crippen LogP contribution >= 0.6 is 0 Å².